The second kappa shape index (κ2) is 9.06. The second-order valence-corrected chi connectivity index (χ2v) is 6.99. The molecule has 1 heterocycles. The van der Waals surface area contributed by atoms with Gasteiger partial charge in [0.25, 0.3) is 0 Å². The molecule has 1 N–H and O–H groups in total. The molecule has 0 aromatic heterocycles. The first-order valence-electron chi connectivity index (χ1n) is 9.24. The maximum Gasteiger partial charge on any atom is 0.234 e. The van der Waals surface area contributed by atoms with Crippen LogP contribution in [0.5, 0.6) is 0 Å². The van der Waals surface area contributed by atoms with Crippen LogP contribution in [-0.2, 0) is 11.3 Å². The number of nitrogens with one attached hydrogen (secondary N) is 1. The van der Waals surface area contributed by atoms with Gasteiger partial charge in [0.1, 0.15) is 11.6 Å². The lowest BCUT2D eigenvalue weighted by Crippen LogP contribution is -2.49. The van der Waals surface area contributed by atoms with E-state index in [1.807, 2.05) is 18.2 Å². The van der Waals surface area contributed by atoms with E-state index < -0.39 is 17.7 Å². The Morgan fingerprint density at radius 3 is 2.37 bits per heavy atom. The van der Waals surface area contributed by atoms with E-state index in [4.69, 9.17) is 0 Å². The van der Waals surface area contributed by atoms with Crippen LogP contribution in [0.2, 0.25) is 0 Å². The van der Waals surface area contributed by atoms with Crippen LogP contribution in [0.15, 0.2) is 48.5 Å². The number of halogens is 2. The maximum absolute atomic E-state index is 13.8. The number of benzene rings is 2. The normalized spacial score (nSPS) is 16.9. The maximum atomic E-state index is 13.8. The molecule has 1 saturated heterocycles. The molecule has 0 radical (unpaired) electrons. The summed E-state index contributed by atoms with van der Waals surface area (Å²) < 4.78 is 26.8. The Morgan fingerprint density at radius 2 is 1.70 bits per heavy atom. The number of carbonyl (C=O) groups excluding carboxylic acids is 1. The Balaban J connectivity index is 1.44. The molecule has 0 bridgehead atoms. The van der Waals surface area contributed by atoms with Gasteiger partial charge in [0.15, 0.2) is 0 Å². The van der Waals surface area contributed by atoms with Crippen LogP contribution in [0.3, 0.4) is 0 Å². The van der Waals surface area contributed by atoms with E-state index >= 15 is 0 Å². The first-order chi connectivity index (χ1) is 13.0. The standard InChI is InChI=1S/C21H25F2N3O/c1-16(19-8-7-18(22)13-20(19)23)24-21(27)15-26-11-9-25(10-12-26)14-17-5-3-2-4-6-17/h2-8,13,16H,9-12,14-15H2,1H3,(H,24,27)/t16-/m1/s1. The molecule has 6 heteroatoms. The summed E-state index contributed by atoms with van der Waals surface area (Å²) in [4.78, 5) is 16.8. The molecule has 1 aliphatic heterocycles. The van der Waals surface area contributed by atoms with Crippen LogP contribution < -0.4 is 5.32 Å². The lowest BCUT2D eigenvalue weighted by atomic mass is 10.1. The zero-order chi connectivity index (χ0) is 19.2. The van der Waals surface area contributed by atoms with Crippen LogP contribution in [0, 0.1) is 11.6 Å². The van der Waals surface area contributed by atoms with Crippen molar-refractivity contribution >= 4 is 5.91 Å². The van der Waals surface area contributed by atoms with Crippen LogP contribution in [0.25, 0.3) is 0 Å². The number of piperazine rings is 1. The summed E-state index contributed by atoms with van der Waals surface area (Å²) >= 11 is 0. The summed E-state index contributed by atoms with van der Waals surface area (Å²) in [6.45, 7) is 6.35. The van der Waals surface area contributed by atoms with Crippen molar-refractivity contribution in [1.82, 2.24) is 15.1 Å². The van der Waals surface area contributed by atoms with Crippen molar-refractivity contribution in [1.29, 1.82) is 0 Å². The van der Waals surface area contributed by atoms with Crippen molar-refractivity contribution in [2.24, 2.45) is 0 Å². The van der Waals surface area contributed by atoms with E-state index in [2.05, 4.69) is 27.2 Å². The fraction of sp³-hybridized carbons (Fsp3) is 0.381. The lowest BCUT2D eigenvalue weighted by Gasteiger charge is -2.34. The Kier molecular flexibility index (Phi) is 6.53. The molecule has 3 rings (SSSR count). The molecule has 144 valence electrons. The highest BCUT2D eigenvalue weighted by molar-refractivity contribution is 5.78. The van der Waals surface area contributed by atoms with E-state index in [0.717, 1.165) is 38.8 Å². The third kappa shape index (κ3) is 5.58. The predicted molar refractivity (Wildman–Crippen MR) is 101 cm³/mol. The second-order valence-electron chi connectivity index (χ2n) is 6.99. The van der Waals surface area contributed by atoms with E-state index in [1.54, 1.807) is 6.92 Å². The summed E-state index contributed by atoms with van der Waals surface area (Å²) in [5.41, 5.74) is 1.58. The summed E-state index contributed by atoms with van der Waals surface area (Å²) in [7, 11) is 0. The summed E-state index contributed by atoms with van der Waals surface area (Å²) in [5, 5.41) is 2.80. The monoisotopic (exact) mass is 373 g/mol. The van der Waals surface area contributed by atoms with Crippen LogP contribution in [0.4, 0.5) is 8.78 Å². The van der Waals surface area contributed by atoms with E-state index in [9.17, 15) is 13.6 Å². The van der Waals surface area contributed by atoms with Gasteiger partial charge in [0.2, 0.25) is 5.91 Å². The highest BCUT2D eigenvalue weighted by Crippen LogP contribution is 2.17. The van der Waals surface area contributed by atoms with Crippen molar-refractivity contribution in [2.75, 3.05) is 32.7 Å². The van der Waals surface area contributed by atoms with Crippen molar-refractivity contribution in [2.45, 2.75) is 19.5 Å². The molecule has 1 amide bonds. The minimum Gasteiger partial charge on any atom is -0.348 e. The molecular formula is C21H25F2N3O. The van der Waals surface area contributed by atoms with Gasteiger partial charge in [-0.15, -0.1) is 0 Å². The fourth-order valence-electron chi connectivity index (χ4n) is 3.37. The molecule has 0 unspecified atom stereocenters. The molecule has 0 aliphatic carbocycles. The van der Waals surface area contributed by atoms with Crippen molar-refractivity contribution in [3.63, 3.8) is 0 Å². The van der Waals surface area contributed by atoms with Gasteiger partial charge in [-0.05, 0) is 18.6 Å². The molecular weight excluding hydrogens is 348 g/mol. The van der Waals surface area contributed by atoms with Gasteiger partial charge in [-0.25, -0.2) is 8.78 Å². The first kappa shape index (κ1) is 19.5. The average Bonchev–Trinajstić information content (AvgIpc) is 2.64. The largest absolute Gasteiger partial charge is 0.348 e. The van der Waals surface area contributed by atoms with E-state index in [-0.39, 0.29) is 18.0 Å². The molecule has 1 aliphatic rings. The minimum atomic E-state index is -0.641. The van der Waals surface area contributed by atoms with Gasteiger partial charge in [-0.2, -0.15) is 0 Å². The molecule has 0 saturated carbocycles. The summed E-state index contributed by atoms with van der Waals surface area (Å²) in [5.74, 6) is -1.41. The third-order valence-corrected chi connectivity index (χ3v) is 4.89. The fourth-order valence-corrected chi connectivity index (χ4v) is 3.37. The molecule has 2 aromatic rings. The number of hydrogen-bond donors (Lipinski definition) is 1. The van der Waals surface area contributed by atoms with Crippen molar-refractivity contribution in [3.8, 4) is 0 Å². The van der Waals surface area contributed by atoms with E-state index in [1.165, 1.54) is 17.7 Å². The number of amides is 1. The molecule has 1 fully saturated rings. The molecule has 4 nitrogen and oxygen atoms in total. The van der Waals surface area contributed by atoms with E-state index in [0.29, 0.717) is 0 Å². The van der Waals surface area contributed by atoms with Crippen LogP contribution in [-0.4, -0.2) is 48.4 Å². The average molecular weight is 373 g/mol. The highest BCUT2D eigenvalue weighted by atomic mass is 19.1. The van der Waals surface area contributed by atoms with Gasteiger partial charge in [0.05, 0.1) is 12.6 Å². The number of nitrogens with zero attached hydrogens (tertiary/aromatic N) is 2. The first-order valence-corrected chi connectivity index (χ1v) is 9.24. The predicted octanol–water partition coefficient (Wildman–Crippen LogP) is 2.96. The Hall–Kier alpha value is -2.31. The van der Waals surface area contributed by atoms with Crippen molar-refractivity contribution < 1.29 is 13.6 Å². The summed E-state index contributed by atoms with van der Waals surface area (Å²) in [6, 6.07) is 13.2. The minimum absolute atomic E-state index is 0.150. The SMILES string of the molecule is C[C@@H](NC(=O)CN1CCN(Cc2ccccc2)CC1)c1ccc(F)cc1F. The van der Waals surface area contributed by atoms with Gasteiger partial charge < -0.3 is 5.32 Å². The topological polar surface area (TPSA) is 35.6 Å². The quantitative estimate of drug-likeness (QED) is 0.846. The van der Waals surface area contributed by atoms with Gasteiger partial charge >= 0.3 is 0 Å². The zero-order valence-electron chi connectivity index (χ0n) is 15.5. The smallest absolute Gasteiger partial charge is 0.234 e. The van der Waals surface area contributed by atoms with Gasteiger partial charge in [0, 0.05) is 44.4 Å². The molecule has 0 spiro atoms. The Morgan fingerprint density at radius 1 is 1.04 bits per heavy atom. The zero-order valence-corrected chi connectivity index (χ0v) is 15.5. The molecule has 2 aromatic carbocycles. The third-order valence-electron chi connectivity index (χ3n) is 4.89. The highest BCUT2D eigenvalue weighted by Gasteiger charge is 2.20. The summed E-state index contributed by atoms with van der Waals surface area (Å²) in [6.07, 6.45) is 0. The number of carbonyl (C=O) groups is 1. The molecule has 1 atom stereocenters. The lowest BCUT2D eigenvalue weighted by molar-refractivity contribution is -0.123. The molecule has 27 heavy (non-hydrogen) atoms. The Bertz CT molecular complexity index is 761. The van der Waals surface area contributed by atoms with Crippen LogP contribution in [0.1, 0.15) is 24.1 Å². The number of hydrogen-bond acceptors (Lipinski definition) is 3. The Labute approximate surface area is 158 Å². The van der Waals surface area contributed by atoms with Crippen molar-refractivity contribution in [3.05, 3.63) is 71.3 Å². The van der Waals surface area contributed by atoms with Gasteiger partial charge in [-0.1, -0.05) is 36.4 Å². The van der Waals surface area contributed by atoms with Gasteiger partial charge in [-0.3, -0.25) is 14.6 Å². The number of rotatable bonds is 6. The van der Waals surface area contributed by atoms with Crippen LogP contribution >= 0.6 is 0 Å².